The molecular formula is C14H18FNO. The molecule has 1 unspecified atom stereocenters. The van der Waals surface area contributed by atoms with Crippen LogP contribution in [0.4, 0.5) is 10.1 Å². The number of aryl methyl sites for hydroxylation is 1. The van der Waals surface area contributed by atoms with Crippen molar-refractivity contribution in [1.29, 1.82) is 0 Å². The maximum atomic E-state index is 13.5. The molecule has 0 aliphatic heterocycles. The Kier molecular flexibility index (Phi) is 4.53. The first kappa shape index (κ1) is 13.5. The highest BCUT2D eigenvalue weighted by Gasteiger charge is 2.15. The number of nitrogens with zero attached hydrogens (tertiary/aromatic N) is 1. The van der Waals surface area contributed by atoms with Gasteiger partial charge in [-0.3, -0.25) is 0 Å². The van der Waals surface area contributed by atoms with Gasteiger partial charge in [0.25, 0.3) is 0 Å². The summed E-state index contributed by atoms with van der Waals surface area (Å²) in [5.41, 5.74) is 1.93. The van der Waals surface area contributed by atoms with Crippen molar-refractivity contribution in [2.45, 2.75) is 26.9 Å². The van der Waals surface area contributed by atoms with Crippen molar-refractivity contribution in [3.63, 3.8) is 0 Å². The first-order valence-corrected chi connectivity index (χ1v) is 5.67. The maximum Gasteiger partial charge on any atom is 0.126 e. The molecule has 1 aromatic carbocycles. The van der Waals surface area contributed by atoms with Crippen LogP contribution in [0.5, 0.6) is 0 Å². The molecule has 0 saturated carbocycles. The monoisotopic (exact) mass is 235 g/mol. The van der Waals surface area contributed by atoms with Crippen molar-refractivity contribution in [3.05, 3.63) is 29.1 Å². The normalized spacial score (nSPS) is 12.0. The Morgan fingerprint density at radius 1 is 1.53 bits per heavy atom. The van der Waals surface area contributed by atoms with Gasteiger partial charge in [0.1, 0.15) is 5.82 Å². The van der Waals surface area contributed by atoms with E-state index in [0.29, 0.717) is 17.7 Å². The van der Waals surface area contributed by atoms with Crippen LogP contribution in [0.15, 0.2) is 12.1 Å². The first-order chi connectivity index (χ1) is 8.01. The molecular weight excluding hydrogens is 217 g/mol. The second-order valence-corrected chi connectivity index (χ2v) is 4.05. The van der Waals surface area contributed by atoms with Crippen molar-refractivity contribution >= 4 is 5.69 Å². The molecule has 2 nitrogen and oxygen atoms in total. The summed E-state index contributed by atoms with van der Waals surface area (Å²) < 4.78 is 13.5. The van der Waals surface area contributed by atoms with Crippen molar-refractivity contribution in [2.75, 3.05) is 18.0 Å². The van der Waals surface area contributed by atoms with Crippen LogP contribution in [0.2, 0.25) is 0 Å². The maximum absolute atomic E-state index is 13.5. The average Bonchev–Trinajstić information content (AvgIpc) is 2.29. The number of halogens is 1. The number of aliphatic hydroxyl groups excluding tert-OH is 1. The summed E-state index contributed by atoms with van der Waals surface area (Å²) in [5, 5.41) is 9.69. The number of aliphatic hydroxyl groups is 1. The van der Waals surface area contributed by atoms with Crippen LogP contribution in [0, 0.1) is 25.1 Å². The summed E-state index contributed by atoms with van der Waals surface area (Å²) in [6.07, 6.45) is 4.59. The van der Waals surface area contributed by atoms with Crippen LogP contribution in [-0.4, -0.2) is 18.2 Å². The number of hydrogen-bond acceptors (Lipinski definition) is 2. The van der Waals surface area contributed by atoms with Gasteiger partial charge in [0, 0.05) is 17.8 Å². The minimum Gasteiger partial charge on any atom is -0.389 e. The lowest BCUT2D eigenvalue weighted by Crippen LogP contribution is -2.24. The zero-order valence-electron chi connectivity index (χ0n) is 10.5. The Balaban J connectivity index is 3.29. The lowest BCUT2D eigenvalue weighted by molar-refractivity contribution is 0.199. The summed E-state index contributed by atoms with van der Waals surface area (Å²) in [4.78, 5) is 1.94. The van der Waals surface area contributed by atoms with Gasteiger partial charge in [-0.1, -0.05) is 5.92 Å². The minimum atomic E-state index is -0.716. The third-order valence-corrected chi connectivity index (χ3v) is 2.76. The predicted molar refractivity (Wildman–Crippen MR) is 68.5 cm³/mol. The van der Waals surface area contributed by atoms with Crippen LogP contribution < -0.4 is 4.90 Å². The van der Waals surface area contributed by atoms with Gasteiger partial charge in [0.15, 0.2) is 0 Å². The molecule has 0 amide bonds. The fourth-order valence-corrected chi connectivity index (χ4v) is 1.77. The molecule has 1 N–H and O–H groups in total. The molecule has 1 aromatic rings. The number of rotatable bonds is 4. The molecule has 0 heterocycles. The van der Waals surface area contributed by atoms with Crippen LogP contribution in [0.25, 0.3) is 0 Å². The molecule has 92 valence electrons. The molecule has 1 rings (SSSR count). The van der Waals surface area contributed by atoms with Gasteiger partial charge < -0.3 is 10.0 Å². The molecule has 0 aliphatic rings. The van der Waals surface area contributed by atoms with E-state index in [1.165, 1.54) is 6.07 Å². The van der Waals surface area contributed by atoms with Crippen LogP contribution in [-0.2, 0) is 0 Å². The lowest BCUT2D eigenvalue weighted by atomic mass is 10.0. The highest BCUT2D eigenvalue weighted by Crippen LogP contribution is 2.29. The predicted octanol–water partition coefficient (Wildman–Crippen LogP) is 2.65. The largest absolute Gasteiger partial charge is 0.389 e. The Morgan fingerprint density at radius 2 is 2.18 bits per heavy atom. The average molecular weight is 235 g/mol. The fourth-order valence-electron chi connectivity index (χ4n) is 1.77. The SMILES string of the molecule is C#CCN(CC)c1cc(C)c(F)cc1C(C)O. The van der Waals surface area contributed by atoms with E-state index in [4.69, 9.17) is 6.42 Å². The van der Waals surface area contributed by atoms with Crippen molar-refractivity contribution in [2.24, 2.45) is 0 Å². The van der Waals surface area contributed by atoms with Gasteiger partial charge in [-0.25, -0.2) is 4.39 Å². The van der Waals surface area contributed by atoms with E-state index < -0.39 is 6.10 Å². The molecule has 0 saturated heterocycles. The highest BCUT2D eigenvalue weighted by molar-refractivity contribution is 5.57. The zero-order chi connectivity index (χ0) is 13.0. The fraction of sp³-hybridized carbons (Fsp3) is 0.429. The Labute approximate surface area is 102 Å². The number of anilines is 1. The standard InChI is InChI=1S/C14H18FNO/c1-5-7-16(6-2)14-8-10(3)13(15)9-12(14)11(4)17/h1,8-9,11,17H,6-7H2,2-4H3. The van der Waals surface area contributed by atoms with E-state index in [2.05, 4.69) is 5.92 Å². The molecule has 0 aromatic heterocycles. The van der Waals surface area contributed by atoms with E-state index in [9.17, 15) is 9.50 Å². The third-order valence-electron chi connectivity index (χ3n) is 2.76. The molecule has 17 heavy (non-hydrogen) atoms. The van der Waals surface area contributed by atoms with Gasteiger partial charge in [0.05, 0.1) is 12.6 Å². The van der Waals surface area contributed by atoms with E-state index in [1.54, 1.807) is 19.9 Å². The quantitative estimate of drug-likeness (QED) is 0.811. The Morgan fingerprint density at radius 3 is 2.65 bits per heavy atom. The molecule has 1 atom stereocenters. The highest BCUT2D eigenvalue weighted by atomic mass is 19.1. The molecule has 3 heteroatoms. The summed E-state index contributed by atoms with van der Waals surface area (Å²) in [6.45, 7) is 6.46. The van der Waals surface area contributed by atoms with Gasteiger partial charge in [-0.15, -0.1) is 6.42 Å². The number of benzene rings is 1. The van der Waals surface area contributed by atoms with Crippen LogP contribution in [0.3, 0.4) is 0 Å². The van der Waals surface area contributed by atoms with E-state index >= 15 is 0 Å². The third kappa shape index (κ3) is 2.98. The van der Waals surface area contributed by atoms with Gasteiger partial charge in [-0.2, -0.15) is 0 Å². The summed E-state index contributed by atoms with van der Waals surface area (Å²) in [7, 11) is 0. The first-order valence-electron chi connectivity index (χ1n) is 5.67. The van der Waals surface area contributed by atoms with Crippen molar-refractivity contribution in [1.82, 2.24) is 0 Å². The molecule has 0 bridgehead atoms. The summed E-state index contributed by atoms with van der Waals surface area (Å²) in [5.74, 6) is 2.26. The lowest BCUT2D eigenvalue weighted by Gasteiger charge is -2.25. The Bertz CT molecular complexity index is 435. The van der Waals surface area contributed by atoms with Gasteiger partial charge >= 0.3 is 0 Å². The van der Waals surface area contributed by atoms with Gasteiger partial charge in [-0.05, 0) is 38.5 Å². The Hall–Kier alpha value is -1.53. The summed E-state index contributed by atoms with van der Waals surface area (Å²) >= 11 is 0. The second kappa shape index (κ2) is 5.70. The van der Waals surface area contributed by atoms with Crippen molar-refractivity contribution < 1.29 is 9.50 Å². The number of hydrogen-bond donors (Lipinski definition) is 1. The minimum absolute atomic E-state index is 0.304. The topological polar surface area (TPSA) is 23.5 Å². The second-order valence-electron chi connectivity index (χ2n) is 4.05. The molecule has 0 radical (unpaired) electrons. The van der Waals surface area contributed by atoms with E-state index in [-0.39, 0.29) is 5.82 Å². The van der Waals surface area contributed by atoms with Crippen LogP contribution in [0.1, 0.15) is 31.1 Å². The number of terminal acetylenes is 1. The van der Waals surface area contributed by atoms with Gasteiger partial charge in [0.2, 0.25) is 0 Å². The molecule has 0 spiro atoms. The van der Waals surface area contributed by atoms with Crippen molar-refractivity contribution in [3.8, 4) is 12.3 Å². The molecule has 0 aliphatic carbocycles. The summed E-state index contributed by atoms with van der Waals surface area (Å²) in [6, 6.07) is 3.12. The molecule has 0 fully saturated rings. The zero-order valence-corrected chi connectivity index (χ0v) is 10.5. The van der Waals surface area contributed by atoms with Crippen LogP contribution >= 0.6 is 0 Å². The van der Waals surface area contributed by atoms with E-state index in [1.807, 2.05) is 11.8 Å². The van der Waals surface area contributed by atoms with E-state index in [0.717, 1.165) is 12.2 Å². The smallest absolute Gasteiger partial charge is 0.126 e.